The molecule has 2 amide bonds. The SMILES string of the molecule is CC(C)NC(=O)N1CCC2(CC(Nc3ncccc3F)CO2)C1. The maximum absolute atomic E-state index is 13.7. The highest BCUT2D eigenvalue weighted by atomic mass is 19.1. The lowest BCUT2D eigenvalue weighted by molar-refractivity contribution is 0.0150. The third-order valence-electron chi connectivity index (χ3n) is 4.32. The van der Waals surface area contributed by atoms with Crippen molar-refractivity contribution in [1.29, 1.82) is 0 Å². The molecule has 2 fully saturated rings. The van der Waals surface area contributed by atoms with Gasteiger partial charge in [0.25, 0.3) is 0 Å². The van der Waals surface area contributed by atoms with Crippen molar-refractivity contribution in [2.45, 2.75) is 44.4 Å². The molecule has 2 atom stereocenters. The van der Waals surface area contributed by atoms with E-state index in [0.717, 1.165) is 12.8 Å². The highest BCUT2D eigenvalue weighted by Crippen LogP contribution is 2.36. The van der Waals surface area contributed by atoms with E-state index < -0.39 is 0 Å². The first kappa shape index (κ1) is 16.0. The third-order valence-corrected chi connectivity index (χ3v) is 4.32. The molecule has 1 aromatic rings. The normalized spacial score (nSPS) is 27.0. The van der Waals surface area contributed by atoms with Gasteiger partial charge in [0.1, 0.15) is 0 Å². The summed E-state index contributed by atoms with van der Waals surface area (Å²) in [5.74, 6) is -0.108. The number of anilines is 1. The Morgan fingerprint density at radius 3 is 3.13 bits per heavy atom. The molecule has 2 saturated heterocycles. The van der Waals surface area contributed by atoms with Gasteiger partial charge in [0, 0.05) is 25.2 Å². The van der Waals surface area contributed by atoms with Gasteiger partial charge >= 0.3 is 6.03 Å². The molecule has 6 nitrogen and oxygen atoms in total. The van der Waals surface area contributed by atoms with E-state index in [9.17, 15) is 9.18 Å². The first-order valence-corrected chi connectivity index (χ1v) is 8.04. The number of nitrogens with one attached hydrogen (secondary N) is 2. The summed E-state index contributed by atoms with van der Waals surface area (Å²) in [6.07, 6.45) is 3.11. The summed E-state index contributed by atoms with van der Waals surface area (Å²) < 4.78 is 19.7. The van der Waals surface area contributed by atoms with E-state index in [-0.39, 0.29) is 35.4 Å². The monoisotopic (exact) mass is 322 g/mol. The molecular formula is C16H23FN4O2. The number of carbonyl (C=O) groups is 1. The van der Waals surface area contributed by atoms with Gasteiger partial charge in [-0.15, -0.1) is 0 Å². The van der Waals surface area contributed by atoms with Gasteiger partial charge in [-0.25, -0.2) is 14.2 Å². The average molecular weight is 322 g/mol. The zero-order valence-corrected chi connectivity index (χ0v) is 13.5. The number of aromatic nitrogens is 1. The van der Waals surface area contributed by atoms with E-state index in [0.29, 0.717) is 19.7 Å². The van der Waals surface area contributed by atoms with Crippen molar-refractivity contribution >= 4 is 11.8 Å². The summed E-state index contributed by atoms with van der Waals surface area (Å²) in [5.41, 5.74) is -0.322. The minimum Gasteiger partial charge on any atom is -0.371 e. The van der Waals surface area contributed by atoms with Gasteiger partial charge in [0.15, 0.2) is 11.6 Å². The molecule has 2 aliphatic rings. The maximum atomic E-state index is 13.7. The number of rotatable bonds is 3. The predicted octanol–water partition coefficient (Wildman–Crippen LogP) is 1.98. The van der Waals surface area contributed by atoms with Gasteiger partial charge in [-0.1, -0.05) is 0 Å². The molecule has 2 N–H and O–H groups in total. The van der Waals surface area contributed by atoms with Crippen LogP contribution in [0.4, 0.5) is 15.0 Å². The predicted molar refractivity (Wildman–Crippen MR) is 84.8 cm³/mol. The third kappa shape index (κ3) is 3.55. The topological polar surface area (TPSA) is 66.5 Å². The van der Waals surface area contributed by atoms with Gasteiger partial charge in [0.05, 0.1) is 24.8 Å². The van der Waals surface area contributed by atoms with Crippen LogP contribution in [0.25, 0.3) is 0 Å². The molecule has 2 unspecified atom stereocenters. The Labute approximate surface area is 135 Å². The van der Waals surface area contributed by atoms with Gasteiger partial charge in [-0.05, 0) is 32.4 Å². The lowest BCUT2D eigenvalue weighted by atomic mass is 9.97. The summed E-state index contributed by atoms with van der Waals surface area (Å²) in [5, 5.41) is 6.01. The molecule has 2 aliphatic heterocycles. The number of hydrogen-bond donors (Lipinski definition) is 2. The van der Waals surface area contributed by atoms with Crippen molar-refractivity contribution in [3.8, 4) is 0 Å². The van der Waals surface area contributed by atoms with Crippen LogP contribution in [0.3, 0.4) is 0 Å². The summed E-state index contributed by atoms with van der Waals surface area (Å²) in [6, 6.07) is 3.02. The number of carbonyl (C=O) groups excluding carboxylic acids is 1. The second kappa shape index (κ2) is 6.31. The summed E-state index contributed by atoms with van der Waals surface area (Å²) in [6.45, 7) is 5.64. The van der Waals surface area contributed by atoms with Gasteiger partial charge < -0.3 is 20.3 Å². The van der Waals surface area contributed by atoms with Crippen LogP contribution in [0, 0.1) is 5.82 Å². The van der Waals surface area contributed by atoms with Crippen molar-refractivity contribution < 1.29 is 13.9 Å². The van der Waals surface area contributed by atoms with E-state index in [4.69, 9.17) is 4.74 Å². The number of ether oxygens (including phenoxy) is 1. The van der Waals surface area contributed by atoms with Crippen molar-refractivity contribution in [3.63, 3.8) is 0 Å². The summed E-state index contributed by atoms with van der Waals surface area (Å²) in [4.78, 5) is 17.9. The first-order valence-electron chi connectivity index (χ1n) is 8.04. The molecule has 3 heterocycles. The van der Waals surface area contributed by atoms with Crippen LogP contribution >= 0.6 is 0 Å². The zero-order valence-electron chi connectivity index (χ0n) is 13.5. The smallest absolute Gasteiger partial charge is 0.317 e. The number of likely N-dealkylation sites (tertiary alicyclic amines) is 1. The molecule has 0 aromatic carbocycles. The molecule has 0 saturated carbocycles. The molecule has 23 heavy (non-hydrogen) atoms. The Hall–Kier alpha value is -1.89. The van der Waals surface area contributed by atoms with Gasteiger partial charge in [-0.2, -0.15) is 0 Å². The summed E-state index contributed by atoms with van der Waals surface area (Å²) >= 11 is 0. The molecule has 0 aliphatic carbocycles. The molecule has 0 bridgehead atoms. The first-order chi connectivity index (χ1) is 11.0. The molecular weight excluding hydrogens is 299 g/mol. The minimum atomic E-state index is -0.363. The highest BCUT2D eigenvalue weighted by Gasteiger charge is 2.47. The fraction of sp³-hybridized carbons (Fsp3) is 0.625. The lowest BCUT2D eigenvalue weighted by Gasteiger charge is -2.24. The van der Waals surface area contributed by atoms with Gasteiger partial charge in [-0.3, -0.25) is 0 Å². The Morgan fingerprint density at radius 2 is 2.39 bits per heavy atom. The fourth-order valence-corrected chi connectivity index (χ4v) is 3.26. The number of halogens is 1. The Bertz CT molecular complexity index is 583. The Kier molecular flexibility index (Phi) is 4.39. The number of amides is 2. The lowest BCUT2D eigenvalue weighted by Crippen LogP contribution is -2.44. The van der Waals surface area contributed by atoms with Crippen LogP contribution in [-0.2, 0) is 4.74 Å². The minimum absolute atomic E-state index is 0.00695. The van der Waals surface area contributed by atoms with Crippen LogP contribution in [-0.4, -0.2) is 53.3 Å². The fourth-order valence-electron chi connectivity index (χ4n) is 3.26. The van der Waals surface area contributed by atoms with Crippen molar-refractivity contribution in [1.82, 2.24) is 15.2 Å². The molecule has 7 heteroatoms. The van der Waals surface area contributed by atoms with Crippen molar-refractivity contribution in [3.05, 3.63) is 24.1 Å². The van der Waals surface area contributed by atoms with Crippen LogP contribution in [0.2, 0.25) is 0 Å². The number of hydrogen-bond acceptors (Lipinski definition) is 4. The molecule has 1 aromatic heterocycles. The number of nitrogens with zero attached hydrogens (tertiary/aromatic N) is 2. The van der Waals surface area contributed by atoms with Crippen LogP contribution in [0.5, 0.6) is 0 Å². The molecule has 3 rings (SSSR count). The molecule has 1 spiro atoms. The quantitative estimate of drug-likeness (QED) is 0.893. The van der Waals surface area contributed by atoms with E-state index >= 15 is 0 Å². The van der Waals surface area contributed by atoms with E-state index in [1.54, 1.807) is 17.2 Å². The standard InChI is InChI=1S/C16H23FN4O2/c1-11(2)19-15(22)21-7-5-16(10-21)8-12(9-23-16)20-14-13(17)4-3-6-18-14/h3-4,6,11-12H,5,7-10H2,1-2H3,(H,18,20)(H,19,22). The Morgan fingerprint density at radius 1 is 1.57 bits per heavy atom. The average Bonchev–Trinajstić information content (AvgIpc) is 3.09. The number of pyridine rings is 1. The highest BCUT2D eigenvalue weighted by molar-refractivity contribution is 5.75. The van der Waals surface area contributed by atoms with Crippen molar-refractivity contribution in [2.24, 2.45) is 0 Å². The Balaban J connectivity index is 1.57. The second-order valence-corrected chi connectivity index (χ2v) is 6.65. The molecule has 0 radical (unpaired) electrons. The van der Waals surface area contributed by atoms with Crippen molar-refractivity contribution in [2.75, 3.05) is 25.0 Å². The van der Waals surface area contributed by atoms with E-state index in [2.05, 4.69) is 15.6 Å². The largest absolute Gasteiger partial charge is 0.371 e. The van der Waals surface area contributed by atoms with E-state index in [1.807, 2.05) is 13.8 Å². The zero-order chi connectivity index (χ0) is 16.4. The summed E-state index contributed by atoms with van der Waals surface area (Å²) in [7, 11) is 0. The number of urea groups is 1. The van der Waals surface area contributed by atoms with Gasteiger partial charge in [0.2, 0.25) is 0 Å². The van der Waals surface area contributed by atoms with Crippen LogP contribution in [0.15, 0.2) is 18.3 Å². The van der Waals surface area contributed by atoms with E-state index in [1.165, 1.54) is 6.07 Å². The molecule has 126 valence electrons. The second-order valence-electron chi connectivity index (χ2n) is 6.65. The maximum Gasteiger partial charge on any atom is 0.317 e. The van der Waals surface area contributed by atoms with Crippen LogP contribution in [0.1, 0.15) is 26.7 Å². The van der Waals surface area contributed by atoms with Crippen LogP contribution < -0.4 is 10.6 Å².